The molecule has 3 heterocycles. The molecule has 7 nitrogen and oxygen atoms in total. The predicted molar refractivity (Wildman–Crippen MR) is 172 cm³/mol. The van der Waals surface area contributed by atoms with Crippen LogP contribution in [0.15, 0.2) is 72.2 Å². The number of hydrogen-bond acceptors (Lipinski definition) is 5. The van der Waals surface area contributed by atoms with E-state index in [2.05, 4.69) is 63.2 Å². The van der Waals surface area contributed by atoms with Crippen molar-refractivity contribution >= 4 is 30.0 Å². The summed E-state index contributed by atoms with van der Waals surface area (Å²) in [6, 6.07) is 14.5. The Morgan fingerprint density at radius 3 is 2.43 bits per heavy atom. The highest BCUT2D eigenvalue weighted by molar-refractivity contribution is 6.74. The Labute approximate surface area is 248 Å². The molecule has 2 aromatic carbocycles. The second kappa shape index (κ2) is 10.9. The SMILES string of the molecule is Cn1cc(-c2ccc(Cc3cc4c(=O)n([C@H]5CCCC[C@@H]5O[Si](C)(C)C(C)(C)C)cnc4c4ccccc34)cn2)cn1. The van der Waals surface area contributed by atoms with Gasteiger partial charge >= 0.3 is 0 Å². The third-order valence-corrected chi connectivity index (χ3v) is 13.9. The van der Waals surface area contributed by atoms with Gasteiger partial charge in [0, 0.05) is 30.4 Å². The van der Waals surface area contributed by atoms with Crippen LogP contribution in [-0.4, -0.2) is 38.7 Å². The van der Waals surface area contributed by atoms with Gasteiger partial charge in [-0.2, -0.15) is 5.10 Å². The summed E-state index contributed by atoms with van der Waals surface area (Å²) in [6.45, 7) is 11.4. The van der Waals surface area contributed by atoms with E-state index in [0.29, 0.717) is 11.8 Å². The Hall–Kier alpha value is -3.62. The van der Waals surface area contributed by atoms with Crippen molar-refractivity contribution in [3.8, 4) is 11.3 Å². The van der Waals surface area contributed by atoms with Crippen LogP contribution in [0.4, 0.5) is 0 Å². The second-order valence-corrected chi connectivity index (χ2v) is 18.1. The van der Waals surface area contributed by atoms with E-state index in [1.54, 1.807) is 11.0 Å². The molecule has 5 aromatic rings. The first-order valence-corrected chi connectivity index (χ1v) is 18.0. The van der Waals surface area contributed by atoms with E-state index in [1.165, 1.54) is 0 Å². The van der Waals surface area contributed by atoms with Crippen LogP contribution < -0.4 is 5.56 Å². The van der Waals surface area contributed by atoms with Gasteiger partial charge in [0.1, 0.15) is 0 Å². The van der Waals surface area contributed by atoms with Crippen LogP contribution in [0.25, 0.3) is 32.9 Å². The quantitative estimate of drug-likeness (QED) is 0.154. The highest BCUT2D eigenvalue weighted by Gasteiger charge is 2.42. The number of fused-ring (bicyclic) bond motifs is 3. The minimum absolute atomic E-state index is 0.00332. The van der Waals surface area contributed by atoms with E-state index in [4.69, 9.17) is 14.4 Å². The van der Waals surface area contributed by atoms with Crippen LogP contribution in [0.1, 0.15) is 63.6 Å². The molecule has 0 amide bonds. The maximum atomic E-state index is 14.2. The van der Waals surface area contributed by atoms with E-state index in [1.807, 2.05) is 48.4 Å². The van der Waals surface area contributed by atoms with Gasteiger partial charge in [-0.15, -0.1) is 0 Å². The van der Waals surface area contributed by atoms with Crippen molar-refractivity contribution in [3.63, 3.8) is 0 Å². The Balaban J connectivity index is 1.39. The minimum Gasteiger partial charge on any atom is -0.412 e. The zero-order chi connectivity index (χ0) is 29.6. The molecule has 0 bridgehead atoms. The molecule has 0 radical (unpaired) electrons. The average Bonchev–Trinajstić information content (AvgIpc) is 3.40. The van der Waals surface area contributed by atoms with E-state index in [0.717, 1.165) is 64.4 Å². The summed E-state index contributed by atoms with van der Waals surface area (Å²) in [5.41, 5.74) is 4.86. The van der Waals surface area contributed by atoms with E-state index in [-0.39, 0.29) is 22.7 Å². The molecule has 218 valence electrons. The van der Waals surface area contributed by atoms with Gasteiger partial charge in [-0.25, -0.2) is 4.98 Å². The lowest BCUT2D eigenvalue weighted by Crippen LogP contribution is -2.48. The van der Waals surface area contributed by atoms with Crippen molar-refractivity contribution in [2.45, 2.75) is 83.2 Å². The molecule has 2 atom stereocenters. The topological polar surface area (TPSA) is 74.8 Å². The molecule has 0 N–H and O–H groups in total. The fourth-order valence-electron chi connectivity index (χ4n) is 5.99. The number of aromatic nitrogens is 5. The summed E-state index contributed by atoms with van der Waals surface area (Å²) >= 11 is 0. The number of hydrogen-bond donors (Lipinski definition) is 0. The lowest BCUT2D eigenvalue weighted by Gasteiger charge is -2.43. The number of rotatable bonds is 6. The molecule has 0 aliphatic heterocycles. The molecule has 1 aliphatic carbocycles. The van der Waals surface area contributed by atoms with Crippen LogP contribution in [-0.2, 0) is 17.9 Å². The van der Waals surface area contributed by atoms with Gasteiger partial charge in [-0.05, 0) is 66.0 Å². The van der Waals surface area contributed by atoms with Crippen LogP contribution in [0, 0.1) is 0 Å². The molecule has 1 fully saturated rings. The Morgan fingerprint density at radius 2 is 1.74 bits per heavy atom. The Kier molecular flexibility index (Phi) is 7.39. The minimum atomic E-state index is -2.00. The molecule has 0 saturated heterocycles. The lowest BCUT2D eigenvalue weighted by atomic mass is 9.92. The Bertz CT molecular complexity index is 1800. The predicted octanol–water partition coefficient (Wildman–Crippen LogP) is 7.44. The molecule has 0 spiro atoms. The first kappa shape index (κ1) is 28.5. The standard InChI is InChI=1S/C34H41N5O2Si/c1-34(2,3)42(5,6)41-31-14-10-9-13-30(31)39-22-36-32-27-12-8-7-11-26(27)24(18-28(32)33(39)40)17-23-15-16-29(35-19-23)25-20-37-38(4)21-25/h7-8,11-12,15-16,18-22,30-31H,9-10,13-14,17H2,1-6H3/t30-,31-/m0/s1. The fraction of sp³-hybridized carbons (Fsp3) is 0.412. The molecule has 42 heavy (non-hydrogen) atoms. The van der Waals surface area contributed by atoms with Crippen molar-refractivity contribution in [2.24, 2.45) is 7.05 Å². The largest absolute Gasteiger partial charge is 0.412 e. The zero-order valence-electron chi connectivity index (χ0n) is 25.6. The second-order valence-electron chi connectivity index (χ2n) is 13.3. The van der Waals surface area contributed by atoms with Crippen molar-refractivity contribution < 1.29 is 4.43 Å². The van der Waals surface area contributed by atoms with Crippen molar-refractivity contribution in [1.82, 2.24) is 24.3 Å². The zero-order valence-corrected chi connectivity index (χ0v) is 26.6. The molecule has 6 rings (SSSR count). The van der Waals surface area contributed by atoms with Crippen LogP contribution in [0.2, 0.25) is 18.1 Å². The smallest absolute Gasteiger partial charge is 0.261 e. The summed E-state index contributed by atoms with van der Waals surface area (Å²) in [4.78, 5) is 23.9. The summed E-state index contributed by atoms with van der Waals surface area (Å²) in [7, 11) is -0.0934. The van der Waals surface area contributed by atoms with Gasteiger partial charge in [0.15, 0.2) is 8.32 Å². The molecular weight excluding hydrogens is 538 g/mol. The fourth-order valence-corrected chi connectivity index (χ4v) is 7.38. The molecule has 0 unspecified atom stereocenters. The highest BCUT2D eigenvalue weighted by Crippen LogP contribution is 2.41. The number of nitrogens with zero attached hydrogens (tertiary/aromatic N) is 5. The molecule has 1 saturated carbocycles. The maximum absolute atomic E-state index is 14.2. The Morgan fingerprint density at radius 1 is 0.976 bits per heavy atom. The van der Waals surface area contributed by atoms with E-state index in [9.17, 15) is 4.79 Å². The van der Waals surface area contributed by atoms with Crippen LogP contribution in [0.3, 0.4) is 0 Å². The summed E-state index contributed by atoms with van der Waals surface area (Å²) < 4.78 is 10.6. The summed E-state index contributed by atoms with van der Waals surface area (Å²) in [6.07, 6.45) is 12.3. The molecule has 1 aliphatic rings. The summed E-state index contributed by atoms with van der Waals surface area (Å²) in [5, 5.41) is 7.16. The molecular formula is C34H41N5O2Si. The number of pyridine rings is 1. The lowest BCUT2D eigenvalue weighted by molar-refractivity contribution is 0.0824. The molecule has 8 heteroatoms. The van der Waals surface area contributed by atoms with Gasteiger partial charge in [-0.3, -0.25) is 19.0 Å². The third-order valence-electron chi connectivity index (χ3n) is 9.38. The van der Waals surface area contributed by atoms with Crippen LogP contribution in [0.5, 0.6) is 0 Å². The van der Waals surface area contributed by atoms with Gasteiger partial charge < -0.3 is 4.43 Å². The van der Waals surface area contributed by atoms with Crippen molar-refractivity contribution in [2.75, 3.05) is 0 Å². The van der Waals surface area contributed by atoms with E-state index < -0.39 is 8.32 Å². The third kappa shape index (κ3) is 5.34. The van der Waals surface area contributed by atoms with Crippen molar-refractivity contribution in [1.29, 1.82) is 0 Å². The van der Waals surface area contributed by atoms with E-state index >= 15 is 0 Å². The van der Waals surface area contributed by atoms with Gasteiger partial charge in [0.05, 0.1) is 41.3 Å². The average molecular weight is 580 g/mol. The summed E-state index contributed by atoms with van der Waals surface area (Å²) in [5.74, 6) is 0. The number of aryl methyl sites for hydroxylation is 1. The molecule has 3 aromatic heterocycles. The highest BCUT2D eigenvalue weighted by atomic mass is 28.4. The number of benzene rings is 2. The maximum Gasteiger partial charge on any atom is 0.261 e. The monoisotopic (exact) mass is 579 g/mol. The van der Waals surface area contributed by atoms with Crippen LogP contribution >= 0.6 is 0 Å². The van der Waals surface area contributed by atoms with Gasteiger partial charge in [-0.1, -0.05) is 63.9 Å². The van der Waals surface area contributed by atoms with Crippen molar-refractivity contribution in [3.05, 3.63) is 88.9 Å². The first-order chi connectivity index (χ1) is 20.0. The van der Waals surface area contributed by atoms with Gasteiger partial charge in [0.2, 0.25) is 0 Å². The van der Waals surface area contributed by atoms with Gasteiger partial charge in [0.25, 0.3) is 5.56 Å². The normalized spacial score (nSPS) is 18.1. The first-order valence-electron chi connectivity index (χ1n) is 15.0.